The van der Waals surface area contributed by atoms with E-state index in [9.17, 15) is 14.4 Å². The minimum Gasteiger partial charge on any atom is -0.467 e. The van der Waals surface area contributed by atoms with Gasteiger partial charge in [0.05, 0.1) is 7.11 Å². The summed E-state index contributed by atoms with van der Waals surface area (Å²) in [6, 6.07) is 16.0. The van der Waals surface area contributed by atoms with Gasteiger partial charge < -0.3 is 32.6 Å². The third-order valence-electron chi connectivity index (χ3n) is 8.32. The zero-order valence-electron chi connectivity index (χ0n) is 27.7. The lowest BCUT2D eigenvalue weighted by Gasteiger charge is -2.40. The fourth-order valence-electron chi connectivity index (χ4n) is 5.58. The van der Waals surface area contributed by atoms with Gasteiger partial charge in [-0.15, -0.1) is 0 Å². The fraction of sp³-hybridized carbons (Fsp3) is 0.412. The van der Waals surface area contributed by atoms with Gasteiger partial charge in [-0.1, -0.05) is 60.1 Å². The van der Waals surface area contributed by atoms with Gasteiger partial charge in [-0.25, -0.2) is 14.8 Å². The molecule has 262 valence electrons. The number of aryl methyl sites for hydroxylation is 2. The number of carbonyl (C=O) groups is 3. The molecule has 14 nitrogen and oxygen atoms in total. The lowest BCUT2D eigenvalue weighted by atomic mass is 9.99. The van der Waals surface area contributed by atoms with Gasteiger partial charge in [0.15, 0.2) is 28.4 Å². The van der Waals surface area contributed by atoms with Crippen LogP contribution in [-0.4, -0.2) is 95.9 Å². The number of nitrogens with two attached hydrogens (primary N) is 4. The van der Waals surface area contributed by atoms with Crippen LogP contribution in [0.5, 0.6) is 0 Å². The molecule has 0 bridgehead atoms. The highest BCUT2D eigenvalue weighted by atomic mass is 35.5. The number of halogens is 1. The maximum absolute atomic E-state index is 13.1. The topological polar surface area (TPSA) is 221 Å². The van der Waals surface area contributed by atoms with Crippen molar-refractivity contribution in [3.05, 3.63) is 70.5 Å². The Balaban J connectivity index is 1.20. The summed E-state index contributed by atoms with van der Waals surface area (Å²) in [6.07, 6.45) is 4.27. The summed E-state index contributed by atoms with van der Waals surface area (Å²) in [4.78, 5) is 53.6. The van der Waals surface area contributed by atoms with Crippen molar-refractivity contribution in [2.75, 3.05) is 57.8 Å². The molecule has 1 saturated heterocycles. The minimum absolute atomic E-state index is 0.0448. The van der Waals surface area contributed by atoms with Gasteiger partial charge in [-0.2, -0.15) is 0 Å². The van der Waals surface area contributed by atoms with Gasteiger partial charge in [0.1, 0.15) is 6.04 Å². The Labute approximate surface area is 291 Å². The molecule has 4 rings (SSSR count). The van der Waals surface area contributed by atoms with E-state index < -0.39 is 11.9 Å². The first-order chi connectivity index (χ1) is 23.6. The number of esters is 1. The fourth-order valence-corrected chi connectivity index (χ4v) is 5.71. The second kappa shape index (κ2) is 18.1. The number of ether oxygens (including phenoxy) is 1. The Morgan fingerprint density at radius 3 is 2.22 bits per heavy atom. The zero-order valence-corrected chi connectivity index (χ0v) is 28.5. The van der Waals surface area contributed by atoms with Crippen molar-refractivity contribution >= 4 is 47.0 Å². The lowest BCUT2D eigenvalue weighted by molar-refractivity contribution is -0.156. The van der Waals surface area contributed by atoms with E-state index in [0.717, 1.165) is 48.9 Å². The third-order valence-corrected chi connectivity index (χ3v) is 8.60. The van der Waals surface area contributed by atoms with E-state index in [0.29, 0.717) is 45.6 Å². The van der Waals surface area contributed by atoms with Crippen molar-refractivity contribution in [1.82, 2.24) is 25.1 Å². The van der Waals surface area contributed by atoms with Crippen LogP contribution in [0.3, 0.4) is 0 Å². The second-order valence-electron chi connectivity index (χ2n) is 11.8. The van der Waals surface area contributed by atoms with Crippen molar-refractivity contribution in [3.63, 3.8) is 0 Å². The Morgan fingerprint density at radius 1 is 0.939 bits per heavy atom. The average molecular weight is 693 g/mol. The molecular formula is C34H45ClN10O4. The molecule has 2 amide bonds. The highest BCUT2D eigenvalue weighted by Gasteiger charge is 2.35. The summed E-state index contributed by atoms with van der Waals surface area (Å²) < 4.78 is 5.00. The van der Waals surface area contributed by atoms with Gasteiger partial charge in [-0.05, 0) is 67.4 Å². The van der Waals surface area contributed by atoms with Crippen molar-refractivity contribution in [2.45, 2.75) is 44.6 Å². The SMILES string of the molecule is COC(=O)[C@H]1CN(CCCN)CCN1C(=O)CCc1ccc(-c2ccc(CCCCN=C(N)NC(=O)c3nc(Cl)c(N)nc3N)cc2)cc1. The molecule has 1 aliphatic heterocycles. The Hall–Kier alpha value is -4.79. The molecule has 1 fully saturated rings. The third kappa shape index (κ3) is 10.6. The summed E-state index contributed by atoms with van der Waals surface area (Å²) in [7, 11) is 1.36. The average Bonchev–Trinajstić information content (AvgIpc) is 3.11. The largest absolute Gasteiger partial charge is 0.467 e. The number of methoxy groups -OCH3 is 1. The van der Waals surface area contributed by atoms with Gasteiger partial charge in [0.25, 0.3) is 5.91 Å². The molecule has 0 unspecified atom stereocenters. The smallest absolute Gasteiger partial charge is 0.329 e. The van der Waals surface area contributed by atoms with Crippen molar-refractivity contribution in [2.24, 2.45) is 16.5 Å². The number of benzene rings is 2. The number of carbonyl (C=O) groups excluding carboxylic acids is 3. The number of rotatable bonds is 14. The number of guanidine groups is 1. The number of nitrogens with zero attached hydrogens (tertiary/aromatic N) is 5. The maximum Gasteiger partial charge on any atom is 0.329 e. The predicted octanol–water partition coefficient (Wildman–Crippen LogP) is 2.00. The molecule has 49 heavy (non-hydrogen) atoms. The van der Waals surface area contributed by atoms with E-state index in [1.54, 1.807) is 4.90 Å². The number of nitrogens with one attached hydrogen (secondary N) is 1. The quantitative estimate of drug-likeness (QED) is 0.0711. The van der Waals surface area contributed by atoms with E-state index in [-0.39, 0.29) is 40.3 Å². The molecule has 1 aromatic heterocycles. The first-order valence-electron chi connectivity index (χ1n) is 16.3. The normalized spacial score (nSPS) is 15.2. The van der Waals surface area contributed by atoms with Crippen molar-refractivity contribution in [1.29, 1.82) is 0 Å². The number of nitrogen functional groups attached to an aromatic ring is 2. The van der Waals surface area contributed by atoms with Crippen LogP contribution in [0.1, 0.15) is 47.3 Å². The van der Waals surface area contributed by atoms with Crippen molar-refractivity contribution in [3.8, 4) is 11.1 Å². The summed E-state index contributed by atoms with van der Waals surface area (Å²) in [5.74, 6) is -1.38. The molecular weight excluding hydrogens is 648 g/mol. The standard InChI is InChI=1S/C34H45ClN10O4/c1-49-33(48)26-21-44(18-4-16-36)19-20-45(26)27(46)15-10-23-8-13-25(14-9-23)24-11-6-22(7-12-24)5-2-3-17-40-34(39)43-32(47)28-30(37)42-31(38)29(35)41-28/h6-9,11-14,26H,2-5,10,15-21,36H2,1H3,(H4,37,38,42)(H3,39,40,43,47)/t26-/m1/s1. The first kappa shape index (κ1) is 37.0. The number of hydrogen-bond acceptors (Lipinski definition) is 11. The number of amides is 2. The van der Waals surface area contributed by atoms with E-state index in [4.69, 9.17) is 39.3 Å². The molecule has 2 aromatic carbocycles. The number of aromatic nitrogens is 2. The molecule has 9 N–H and O–H groups in total. The van der Waals surface area contributed by atoms with Crippen LogP contribution in [0.4, 0.5) is 11.6 Å². The minimum atomic E-state index is -0.674. The maximum atomic E-state index is 13.1. The van der Waals surface area contributed by atoms with Crippen LogP contribution in [0.15, 0.2) is 53.5 Å². The summed E-state index contributed by atoms with van der Waals surface area (Å²) in [5.41, 5.74) is 27.0. The number of piperazine rings is 1. The van der Waals surface area contributed by atoms with Crippen LogP contribution >= 0.6 is 11.6 Å². The summed E-state index contributed by atoms with van der Waals surface area (Å²) in [6.45, 7) is 3.50. The molecule has 2 heterocycles. The van der Waals surface area contributed by atoms with Crippen LogP contribution in [-0.2, 0) is 27.2 Å². The number of hydrogen-bond donors (Lipinski definition) is 5. The molecule has 3 aromatic rings. The molecule has 1 aliphatic rings. The molecule has 0 spiro atoms. The molecule has 0 radical (unpaired) electrons. The monoisotopic (exact) mass is 692 g/mol. The Bertz CT molecular complexity index is 1620. The lowest BCUT2D eigenvalue weighted by Crippen LogP contribution is -2.58. The van der Waals surface area contributed by atoms with Gasteiger partial charge in [0.2, 0.25) is 5.91 Å². The van der Waals surface area contributed by atoms with Gasteiger partial charge in [0, 0.05) is 32.6 Å². The first-order valence-corrected chi connectivity index (χ1v) is 16.6. The van der Waals surface area contributed by atoms with E-state index in [1.165, 1.54) is 12.7 Å². The molecule has 1 atom stereocenters. The molecule has 0 aliphatic carbocycles. The van der Waals surface area contributed by atoms with Crippen LogP contribution < -0.4 is 28.3 Å². The van der Waals surface area contributed by atoms with E-state index >= 15 is 0 Å². The highest BCUT2D eigenvalue weighted by Crippen LogP contribution is 2.22. The van der Waals surface area contributed by atoms with Gasteiger partial charge in [-0.3, -0.25) is 24.8 Å². The Kier molecular flexibility index (Phi) is 13.7. The Morgan fingerprint density at radius 2 is 1.59 bits per heavy atom. The van der Waals surface area contributed by atoms with Crippen LogP contribution in [0, 0.1) is 0 Å². The van der Waals surface area contributed by atoms with Gasteiger partial charge >= 0.3 is 5.97 Å². The summed E-state index contributed by atoms with van der Waals surface area (Å²) >= 11 is 5.83. The number of anilines is 2. The van der Waals surface area contributed by atoms with Crippen molar-refractivity contribution < 1.29 is 19.1 Å². The van der Waals surface area contributed by atoms with E-state index in [2.05, 4.69) is 61.6 Å². The highest BCUT2D eigenvalue weighted by molar-refractivity contribution is 6.31. The summed E-state index contributed by atoms with van der Waals surface area (Å²) in [5, 5.41) is 2.30. The van der Waals surface area contributed by atoms with Crippen LogP contribution in [0.25, 0.3) is 11.1 Å². The molecule has 15 heteroatoms. The second-order valence-corrected chi connectivity index (χ2v) is 12.1. The molecule has 0 saturated carbocycles. The van der Waals surface area contributed by atoms with E-state index in [1.807, 2.05) is 12.1 Å². The number of aliphatic imine (C=N–C) groups is 1. The predicted molar refractivity (Wildman–Crippen MR) is 191 cm³/mol. The number of unbranched alkanes of at least 4 members (excludes halogenated alkanes) is 1. The zero-order chi connectivity index (χ0) is 35.3. The van der Waals surface area contributed by atoms with Crippen LogP contribution in [0.2, 0.25) is 5.15 Å².